The van der Waals surface area contributed by atoms with Crippen molar-refractivity contribution in [3.63, 3.8) is 0 Å². The van der Waals surface area contributed by atoms with E-state index in [0.717, 1.165) is 32.4 Å². The lowest BCUT2D eigenvalue weighted by Gasteiger charge is -2.67. The second-order valence-electron chi connectivity index (χ2n) is 7.96. The van der Waals surface area contributed by atoms with Crippen molar-refractivity contribution >= 4 is 28.3 Å². The van der Waals surface area contributed by atoms with E-state index in [4.69, 9.17) is 14.2 Å². The van der Waals surface area contributed by atoms with E-state index in [1.54, 1.807) is 19.5 Å². The molecule has 0 unspecified atom stereocenters. The molecule has 3 aliphatic carbocycles. The fourth-order valence-corrected chi connectivity index (χ4v) is 5.14. The standard InChI is InChI=1S/C19H23N5O4S/c1-12-14(28-13-7-20-16(21-8-13)24-3-5-27-6-4-24)29-17(22-12)23-15(25)18-9-19(10-18,11-18)26-2/h7-8H,3-6,9-11H2,1-2H3,(H,22,23,25). The van der Waals surface area contributed by atoms with Crippen molar-refractivity contribution in [3.05, 3.63) is 18.1 Å². The number of rotatable bonds is 6. The third kappa shape index (κ3) is 3.24. The van der Waals surface area contributed by atoms with Crippen molar-refractivity contribution in [2.45, 2.75) is 31.8 Å². The zero-order chi connectivity index (χ0) is 20.1. The van der Waals surface area contributed by atoms with Gasteiger partial charge in [0.2, 0.25) is 16.9 Å². The van der Waals surface area contributed by atoms with Crippen LogP contribution >= 0.6 is 11.3 Å². The van der Waals surface area contributed by atoms with Crippen molar-refractivity contribution in [2.24, 2.45) is 5.41 Å². The van der Waals surface area contributed by atoms with Crippen LogP contribution < -0.4 is 15.0 Å². The molecule has 0 spiro atoms. The van der Waals surface area contributed by atoms with Gasteiger partial charge in [0.1, 0.15) is 0 Å². The number of nitrogens with zero attached hydrogens (tertiary/aromatic N) is 4. The number of anilines is 2. The Labute approximate surface area is 172 Å². The minimum atomic E-state index is -0.278. The first-order chi connectivity index (χ1) is 14.0. The molecular formula is C19H23N5O4S. The first kappa shape index (κ1) is 18.7. The van der Waals surface area contributed by atoms with E-state index in [0.29, 0.717) is 40.8 Å². The highest BCUT2D eigenvalue weighted by Crippen LogP contribution is 2.69. The van der Waals surface area contributed by atoms with Gasteiger partial charge in [-0.1, -0.05) is 11.3 Å². The molecule has 10 heteroatoms. The molecule has 0 aromatic carbocycles. The number of nitrogens with one attached hydrogen (secondary N) is 1. The Bertz CT molecular complexity index is 905. The number of morpholine rings is 1. The average Bonchev–Trinajstić information content (AvgIpc) is 3.00. The maximum absolute atomic E-state index is 12.6. The molecule has 0 radical (unpaired) electrons. The summed E-state index contributed by atoms with van der Waals surface area (Å²) >= 11 is 1.31. The van der Waals surface area contributed by atoms with E-state index in [2.05, 4.69) is 25.2 Å². The van der Waals surface area contributed by atoms with E-state index in [1.165, 1.54) is 11.3 Å². The van der Waals surface area contributed by atoms with Crippen molar-refractivity contribution in [2.75, 3.05) is 43.6 Å². The van der Waals surface area contributed by atoms with Gasteiger partial charge in [-0.05, 0) is 26.2 Å². The topological polar surface area (TPSA) is 98.7 Å². The highest BCUT2D eigenvalue weighted by Gasteiger charge is 2.72. The number of hydrogen-bond acceptors (Lipinski definition) is 9. The van der Waals surface area contributed by atoms with E-state index in [9.17, 15) is 4.79 Å². The fraction of sp³-hybridized carbons (Fsp3) is 0.579. The highest BCUT2D eigenvalue weighted by atomic mass is 32.1. The predicted octanol–water partition coefficient (Wildman–Crippen LogP) is 2.38. The molecule has 1 amide bonds. The SMILES string of the molecule is COC12CC(C(=O)Nc3nc(C)c(Oc4cnc(N5CCOCC5)nc4)s3)(C1)C2. The Balaban J connectivity index is 1.21. The number of aromatic nitrogens is 3. The lowest BCUT2D eigenvalue weighted by Crippen LogP contribution is -2.72. The smallest absolute Gasteiger partial charge is 0.232 e. The molecule has 0 atom stereocenters. The zero-order valence-corrected chi connectivity index (χ0v) is 17.3. The van der Waals surface area contributed by atoms with Crippen LogP contribution in [0.1, 0.15) is 25.0 Å². The van der Waals surface area contributed by atoms with Gasteiger partial charge in [-0.2, -0.15) is 0 Å². The molecule has 2 bridgehead atoms. The van der Waals surface area contributed by atoms with E-state index >= 15 is 0 Å². The Kier molecular flexibility index (Phi) is 4.45. The number of methoxy groups -OCH3 is 1. The van der Waals surface area contributed by atoms with Crippen LogP contribution in [0.4, 0.5) is 11.1 Å². The van der Waals surface area contributed by atoms with Gasteiger partial charge in [0, 0.05) is 20.2 Å². The largest absolute Gasteiger partial charge is 0.441 e. The molecule has 6 rings (SSSR count). The summed E-state index contributed by atoms with van der Waals surface area (Å²) in [4.78, 5) is 27.9. The maximum atomic E-state index is 12.6. The van der Waals surface area contributed by atoms with Crippen LogP contribution in [0.2, 0.25) is 0 Å². The lowest BCUT2D eigenvalue weighted by atomic mass is 9.41. The van der Waals surface area contributed by atoms with Gasteiger partial charge in [-0.25, -0.2) is 15.0 Å². The van der Waals surface area contributed by atoms with Gasteiger partial charge in [0.15, 0.2) is 10.9 Å². The first-order valence-electron chi connectivity index (χ1n) is 9.68. The molecule has 2 aromatic rings. The molecule has 29 heavy (non-hydrogen) atoms. The Morgan fingerprint density at radius 1 is 1.24 bits per heavy atom. The molecule has 154 valence electrons. The van der Waals surface area contributed by atoms with Crippen molar-refractivity contribution in [1.82, 2.24) is 15.0 Å². The van der Waals surface area contributed by atoms with Gasteiger partial charge in [0.05, 0.1) is 42.3 Å². The predicted molar refractivity (Wildman–Crippen MR) is 107 cm³/mol. The molecule has 4 fully saturated rings. The average molecular weight is 417 g/mol. The van der Waals surface area contributed by atoms with Gasteiger partial charge in [-0.15, -0.1) is 0 Å². The van der Waals surface area contributed by atoms with Gasteiger partial charge in [-0.3, -0.25) is 4.79 Å². The Morgan fingerprint density at radius 3 is 2.59 bits per heavy atom. The van der Waals surface area contributed by atoms with Crippen LogP contribution in [-0.2, 0) is 14.3 Å². The first-order valence-corrected chi connectivity index (χ1v) is 10.5. The third-order valence-electron chi connectivity index (χ3n) is 5.99. The molecule has 2 aromatic heterocycles. The summed E-state index contributed by atoms with van der Waals surface area (Å²) in [5.74, 6) is 1.23. The number of thiazole rings is 1. The fourth-order valence-electron chi connectivity index (χ4n) is 4.31. The van der Waals surface area contributed by atoms with E-state index < -0.39 is 0 Å². The Hall–Kier alpha value is -2.30. The summed E-state index contributed by atoms with van der Waals surface area (Å²) in [6.07, 6.45) is 5.69. The van der Waals surface area contributed by atoms with Gasteiger partial charge >= 0.3 is 0 Å². The monoisotopic (exact) mass is 417 g/mol. The number of amides is 1. The second kappa shape index (κ2) is 6.89. The number of aryl methyl sites for hydroxylation is 1. The van der Waals surface area contributed by atoms with Crippen LogP contribution in [0, 0.1) is 12.3 Å². The van der Waals surface area contributed by atoms with Crippen molar-refractivity contribution < 1.29 is 19.0 Å². The number of carbonyl (C=O) groups is 1. The van der Waals surface area contributed by atoms with Crippen LogP contribution in [0.15, 0.2) is 12.4 Å². The minimum Gasteiger partial charge on any atom is -0.441 e. The molecule has 4 aliphatic rings. The summed E-state index contributed by atoms with van der Waals surface area (Å²) in [5, 5.41) is 4.11. The van der Waals surface area contributed by atoms with Gasteiger partial charge < -0.3 is 24.4 Å². The summed E-state index contributed by atoms with van der Waals surface area (Å²) in [6.45, 7) is 4.79. The zero-order valence-electron chi connectivity index (χ0n) is 16.4. The maximum Gasteiger partial charge on any atom is 0.232 e. The third-order valence-corrected chi connectivity index (χ3v) is 6.94. The molecule has 1 saturated heterocycles. The Morgan fingerprint density at radius 2 is 1.93 bits per heavy atom. The van der Waals surface area contributed by atoms with E-state index in [-0.39, 0.29) is 16.9 Å². The second-order valence-corrected chi connectivity index (χ2v) is 8.93. The number of carbonyl (C=O) groups excluding carboxylic acids is 1. The number of ether oxygens (including phenoxy) is 3. The molecule has 3 saturated carbocycles. The van der Waals surface area contributed by atoms with Crippen LogP contribution in [0.25, 0.3) is 0 Å². The van der Waals surface area contributed by atoms with Crippen LogP contribution in [0.5, 0.6) is 10.8 Å². The summed E-state index contributed by atoms with van der Waals surface area (Å²) in [7, 11) is 1.71. The molecular weight excluding hydrogens is 394 g/mol. The molecule has 1 aliphatic heterocycles. The molecule has 3 heterocycles. The van der Waals surface area contributed by atoms with Crippen molar-refractivity contribution in [1.29, 1.82) is 0 Å². The number of hydrogen-bond donors (Lipinski definition) is 1. The summed E-state index contributed by atoms with van der Waals surface area (Å²) in [5.41, 5.74) is 0.380. The van der Waals surface area contributed by atoms with Crippen LogP contribution in [-0.4, -0.2) is 59.9 Å². The van der Waals surface area contributed by atoms with Crippen LogP contribution in [0.3, 0.4) is 0 Å². The quantitative estimate of drug-likeness (QED) is 0.765. The van der Waals surface area contributed by atoms with Gasteiger partial charge in [0.25, 0.3) is 0 Å². The molecule has 9 nitrogen and oxygen atoms in total. The highest BCUT2D eigenvalue weighted by molar-refractivity contribution is 7.17. The normalized spacial score (nSPS) is 27.7. The minimum absolute atomic E-state index is 0.0231. The molecule has 1 N–H and O–H groups in total. The summed E-state index contributed by atoms with van der Waals surface area (Å²) in [6, 6.07) is 0. The summed E-state index contributed by atoms with van der Waals surface area (Å²) < 4.78 is 16.7. The lowest BCUT2D eigenvalue weighted by molar-refractivity contribution is -0.260. The van der Waals surface area contributed by atoms with E-state index in [1.807, 2.05) is 6.92 Å². The van der Waals surface area contributed by atoms with Crippen molar-refractivity contribution in [3.8, 4) is 10.8 Å².